The Labute approximate surface area is 152 Å². The Morgan fingerprint density at radius 1 is 1.31 bits per heavy atom. The molecule has 1 aliphatic rings. The Balaban J connectivity index is 2.13. The fraction of sp³-hybridized carbons (Fsp3) is 0.611. The zero-order valence-corrected chi connectivity index (χ0v) is 14.5. The molecule has 0 aromatic heterocycles. The van der Waals surface area contributed by atoms with Crippen molar-refractivity contribution in [3.8, 4) is 0 Å². The van der Waals surface area contributed by atoms with E-state index in [1.165, 1.54) is 0 Å². The highest BCUT2D eigenvalue weighted by molar-refractivity contribution is 5.66. The third-order valence-corrected chi connectivity index (χ3v) is 4.75. The van der Waals surface area contributed by atoms with E-state index in [9.17, 15) is 25.2 Å². The third-order valence-electron chi connectivity index (χ3n) is 4.75. The Hall–Kier alpha value is -1.71. The zero-order chi connectivity index (χ0) is 19.2. The highest BCUT2D eigenvalue weighted by Crippen LogP contribution is 2.32. The van der Waals surface area contributed by atoms with E-state index in [2.05, 4.69) is 5.32 Å². The summed E-state index contributed by atoms with van der Waals surface area (Å²) in [5, 5.41) is 52.9. The van der Waals surface area contributed by atoms with Crippen LogP contribution in [0.4, 0.5) is 5.69 Å². The van der Waals surface area contributed by atoms with Gasteiger partial charge in [-0.3, -0.25) is 4.79 Å². The van der Waals surface area contributed by atoms with Crippen molar-refractivity contribution in [1.29, 1.82) is 0 Å². The van der Waals surface area contributed by atoms with Gasteiger partial charge in [-0.1, -0.05) is 18.2 Å². The zero-order valence-electron chi connectivity index (χ0n) is 14.5. The molecule has 6 N–H and O–H groups in total. The van der Waals surface area contributed by atoms with Gasteiger partial charge >= 0.3 is 5.97 Å². The highest BCUT2D eigenvalue weighted by Gasteiger charge is 2.51. The molecule has 8 nitrogen and oxygen atoms in total. The smallest absolute Gasteiger partial charge is 0.303 e. The Kier molecular flexibility index (Phi) is 7.36. The van der Waals surface area contributed by atoms with Crippen LogP contribution in [0, 0.1) is 0 Å². The van der Waals surface area contributed by atoms with E-state index in [-0.39, 0.29) is 25.5 Å². The van der Waals surface area contributed by atoms with Gasteiger partial charge in [0.1, 0.15) is 23.9 Å². The number of ether oxygens (including phenoxy) is 1. The van der Waals surface area contributed by atoms with Crippen molar-refractivity contribution in [2.24, 2.45) is 0 Å². The molecule has 0 aliphatic carbocycles. The average molecular weight is 369 g/mol. The first-order chi connectivity index (χ1) is 12.4. The lowest BCUT2D eigenvalue weighted by Gasteiger charge is -2.46. The van der Waals surface area contributed by atoms with Crippen LogP contribution in [0.3, 0.4) is 0 Å². The van der Waals surface area contributed by atoms with Gasteiger partial charge in [0.25, 0.3) is 0 Å². The lowest BCUT2D eigenvalue weighted by atomic mass is 9.79. The topological polar surface area (TPSA) is 139 Å². The van der Waals surface area contributed by atoms with Crippen LogP contribution in [0.15, 0.2) is 30.3 Å². The van der Waals surface area contributed by atoms with Crippen LogP contribution in [-0.4, -0.2) is 74.7 Å². The summed E-state index contributed by atoms with van der Waals surface area (Å²) in [6.07, 6.45) is -3.01. The molecule has 26 heavy (non-hydrogen) atoms. The number of anilines is 1. The van der Waals surface area contributed by atoms with Gasteiger partial charge in [-0.05, 0) is 25.0 Å². The first-order valence-electron chi connectivity index (χ1n) is 8.71. The summed E-state index contributed by atoms with van der Waals surface area (Å²) in [6, 6.07) is 8.82. The number of carbonyl (C=O) groups is 1. The molecule has 2 rings (SSSR count). The van der Waals surface area contributed by atoms with Crippen molar-refractivity contribution in [2.45, 2.75) is 55.6 Å². The summed E-state index contributed by atoms with van der Waals surface area (Å²) in [5.74, 6) is -0.909. The fourth-order valence-electron chi connectivity index (χ4n) is 3.27. The van der Waals surface area contributed by atoms with Crippen LogP contribution in [0.1, 0.15) is 25.7 Å². The van der Waals surface area contributed by atoms with Gasteiger partial charge in [0.05, 0.1) is 13.2 Å². The molecule has 5 atom stereocenters. The summed E-state index contributed by atoms with van der Waals surface area (Å²) < 4.78 is 5.15. The van der Waals surface area contributed by atoms with E-state index in [1.807, 2.05) is 30.3 Å². The van der Waals surface area contributed by atoms with Gasteiger partial charge in [-0.2, -0.15) is 0 Å². The fourth-order valence-corrected chi connectivity index (χ4v) is 3.27. The summed E-state index contributed by atoms with van der Waals surface area (Å²) in [6.45, 7) is -0.683. The van der Waals surface area contributed by atoms with Gasteiger partial charge in [-0.15, -0.1) is 0 Å². The Bertz CT molecular complexity index is 570. The van der Waals surface area contributed by atoms with Crippen LogP contribution in [0.2, 0.25) is 0 Å². The minimum atomic E-state index is -1.87. The van der Waals surface area contributed by atoms with Crippen LogP contribution in [0.5, 0.6) is 0 Å². The number of carboxylic acids is 1. The van der Waals surface area contributed by atoms with Crippen LogP contribution in [-0.2, 0) is 9.53 Å². The van der Waals surface area contributed by atoms with Crippen molar-refractivity contribution in [3.05, 3.63) is 30.3 Å². The predicted octanol–water partition coefficient (Wildman–Crippen LogP) is -0.0439. The molecule has 1 heterocycles. The highest BCUT2D eigenvalue weighted by atomic mass is 16.5. The molecule has 1 saturated heterocycles. The van der Waals surface area contributed by atoms with Crippen LogP contribution < -0.4 is 5.32 Å². The van der Waals surface area contributed by atoms with Crippen molar-refractivity contribution in [3.63, 3.8) is 0 Å². The number of carboxylic acid groups (broad SMARTS) is 1. The number of aliphatic hydroxyl groups excluding tert-OH is 3. The van der Waals surface area contributed by atoms with Crippen molar-refractivity contribution >= 4 is 11.7 Å². The van der Waals surface area contributed by atoms with E-state index < -0.39 is 36.5 Å². The largest absolute Gasteiger partial charge is 0.481 e. The minimum Gasteiger partial charge on any atom is -0.481 e. The first-order valence-corrected chi connectivity index (χ1v) is 8.71. The summed E-state index contributed by atoms with van der Waals surface area (Å²) in [5.41, 5.74) is -1.09. The number of hydrogen-bond acceptors (Lipinski definition) is 7. The number of aliphatic carboxylic acids is 1. The number of aliphatic hydroxyl groups is 4. The molecule has 0 bridgehead atoms. The van der Waals surface area contributed by atoms with E-state index in [0.29, 0.717) is 12.8 Å². The van der Waals surface area contributed by atoms with Crippen molar-refractivity contribution in [1.82, 2.24) is 0 Å². The quantitative estimate of drug-likeness (QED) is 0.356. The second-order valence-electron chi connectivity index (χ2n) is 6.70. The lowest BCUT2D eigenvalue weighted by Crippen LogP contribution is -2.65. The number of benzene rings is 1. The van der Waals surface area contributed by atoms with Gasteiger partial charge < -0.3 is 35.6 Å². The predicted molar refractivity (Wildman–Crippen MR) is 93.7 cm³/mol. The molecule has 1 aromatic carbocycles. The summed E-state index contributed by atoms with van der Waals surface area (Å²) >= 11 is 0. The second kappa shape index (κ2) is 9.29. The monoisotopic (exact) mass is 369 g/mol. The first kappa shape index (κ1) is 20.6. The molecular formula is C18H27NO7. The molecule has 0 radical (unpaired) electrons. The molecule has 0 spiro atoms. The van der Waals surface area contributed by atoms with E-state index in [4.69, 9.17) is 9.84 Å². The Morgan fingerprint density at radius 3 is 2.62 bits per heavy atom. The van der Waals surface area contributed by atoms with Crippen LogP contribution in [0.25, 0.3) is 0 Å². The van der Waals surface area contributed by atoms with E-state index >= 15 is 0 Å². The molecule has 146 valence electrons. The molecule has 1 unspecified atom stereocenters. The third kappa shape index (κ3) is 5.15. The number of hydrogen-bond donors (Lipinski definition) is 6. The number of nitrogens with one attached hydrogen (secondary N) is 1. The van der Waals surface area contributed by atoms with E-state index in [1.54, 1.807) is 0 Å². The van der Waals surface area contributed by atoms with Gasteiger partial charge in [0.15, 0.2) is 0 Å². The number of para-hydroxylation sites is 1. The van der Waals surface area contributed by atoms with E-state index in [0.717, 1.165) is 5.69 Å². The maximum atomic E-state index is 10.9. The molecule has 1 fully saturated rings. The minimum absolute atomic E-state index is 0.0150. The molecule has 1 aromatic rings. The standard InChI is InChI=1S/C18H27NO7/c20-10-14-17(24)18(25,15(21)11-26-14)9-13(7-4-8-16(22)23)19-12-5-2-1-3-6-12/h1-3,5-6,13-15,17,19-21,24-25H,4,7-11H2,(H,22,23)/t13?,14-,15+,17+,18+/m1/s1. The molecular weight excluding hydrogens is 342 g/mol. The second-order valence-corrected chi connectivity index (χ2v) is 6.70. The lowest BCUT2D eigenvalue weighted by molar-refractivity contribution is -0.250. The maximum Gasteiger partial charge on any atom is 0.303 e. The average Bonchev–Trinajstić information content (AvgIpc) is 2.61. The van der Waals surface area contributed by atoms with Gasteiger partial charge in [-0.25, -0.2) is 0 Å². The van der Waals surface area contributed by atoms with Crippen molar-refractivity contribution < 1.29 is 35.1 Å². The normalized spacial score (nSPS) is 29.9. The summed E-state index contributed by atoms with van der Waals surface area (Å²) in [4.78, 5) is 10.8. The summed E-state index contributed by atoms with van der Waals surface area (Å²) in [7, 11) is 0. The molecule has 0 saturated carbocycles. The molecule has 1 aliphatic heterocycles. The molecule has 0 amide bonds. The molecule has 8 heteroatoms. The maximum absolute atomic E-state index is 10.9. The van der Waals surface area contributed by atoms with Crippen molar-refractivity contribution in [2.75, 3.05) is 18.5 Å². The SMILES string of the molecule is O=C(O)CCCC(C[C@]1(O)[C@@H](O)CO[C@H](CO)[C@@H]1O)Nc1ccccc1. The Morgan fingerprint density at radius 2 is 2.00 bits per heavy atom. The van der Waals surface area contributed by atoms with Gasteiger partial charge in [0, 0.05) is 24.6 Å². The number of rotatable bonds is 9. The van der Waals surface area contributed by atoms with Gasteiger partial charge in [0.2, 0.25) is 0 Å². The van der Waals surface area contributed by atoms with Crippen LogP contribution >= 0.6 is 0 Å².